The van der Waals surface area contributed by atoms with E-state index < -0.39 is 0 Å². The van der Waals surface area contributed by atoms with Gasteiger partial charge in [0.1, 0.15) is 0 Å². The molecule has 0 aliphatic carbocycles. The first kappa shape index (κ1) is 8.75. The third-order valence-electron chi connectivity index (χ3n) is 1.52. The fourth-order valence-electron chi connectivity index (χ4n) is 0.877. The summed E-state index contributed by atoms with van der Waals surface area (Å²) in [5.74, 6) is 4.99. The smallest absolute Gasteiger partial charge is 0.0751 e. The molecule has 0 atom stereocenters. The largest absolute Gasteiger partial charge is 0.380 e. The summed E-state index contributed by atoms with van der Waals surface area (Å²) >= 11 is 4.05. The standard InChI is InChI=1S/C7H14OS2/c1-8-7-5-9-3-2-4-10-6-7/h7H,2-6H2,1H3. The Morgan fingerprint density at radius 3 is 2.30 bits per heavy atom. The quantitative estimate of drug-likeness (QED) is 0.606. The van der Waals surface area contributed by atoms with Crippen LogP contribution in [-0.2, 0) is 4.74 Å². The van der Waals surface area contributed by atoms with Crippen LogP contribution in [0.1, 0.15) is 6.42 Å². The molecular weight excluding hydrogens is 164 g/mol. The maximum Gasteiger partial charge on any atom is 0.0751 e. The zero-order valence-electron chi connectivity index (χ0n) is 6.34. The molecule has 3 heteroatoms. The minimum Gasteiger partial charge on any atom is -0.380 e. The van der Waals surface area contributed by atoms with Gasteiger partial charge in [-0.3, -0.25) is 0 Å². The van der Waals surface area contributed by atoms with Crippen molar-refractivity contribution in [2.45, 2.75) is 12.5 Å². The van der Waals surface area contributed by atoms with E-state index in [9.17, 15) is 0 Å². The van der Waals surface area contributed by atoms with Gasteiger partial charge in [-0.1, -0.05) is 0 Å². The fraction of sp³-hybridized carbons (Fsp3) is 1.00. The van der Waals surface area contributed by atoms with Crippen LogP contribution in [0.4, 0.5) is 0 Å². The Morgan fingerprint density at radius 2 is 1.80 bits per heavy atom. The van der Waals surface area contributed by atoms with E-state index in [4.69, 9.17) is 4.74 Å². The van der Waals surface area contributed by atoms with Crippen molar-refractivity contribution in [1.29, 1.82) is 0 Å². The molecular formula is C7H14OS2. The molecule has 0 unspecified atom stereocenters. The molecule has 0 N–H and O–H groups in total. The average molecular weight is 178 g/mol. The van der Waals surface area contributed by atoms with Crippen LogP contribution >= 0.6 is 23.5 Å². The van der Waals surface area contributed by atoms with Gasteiger partial charge in [0.25, 0.3) is 0 Å². The molecule has 1 aliphatic rings. The summed E-state index contributed by atoms with van der Waals surface area (Å²) in [6, 6.07) is 0. The Balaban J connectivity index is 2.16. The van der Waals surface area contributed by atoms with Crippen LogP contribution < -0.4 is 0 Å². The molecule has 0 saturated carbocycles. The molecule has 0 aromatic rings. The first-order valence-corrected chi connectivity index (χ1v) is 5.92. The van der Waals surface area contributed by atoms with E-state index in [1.54, 1.807) is 0 Å². The summed E-state index contributed by atoms with van der Waals surface area (Å²) in [5.41, 5.74) is 0. The van der Waals surface area contributed by atoms with Crippen molar-refractivity contribution in [3.63, 3.8) is 0 Å². The molecule has 0 bridgehead atoms. The lowest BCUT2D eigenvalue weighted by molar-refractivity contribution is 0.141. The minimum atomic E-state index is 0.496. The summed E-state index contributed by atoms with van der Waals surface area (Å²) in [7, 11) is 1.81. The number of methoxy groups -OCH3 is 1. The number of rotatable bonds is 1. The van der Waals surface area contributed by atoms with E-state index in [1.165, 1.54) is 29.4 Å². The van der Waals surface area contributed by atoms with Crippen molar-refractivity contribution in [2.24, 2.45) is 0 Å². The second-order valence-electron chi connectivity index (χ2n) is 2.36. The zero-order valence-corrected chi connectivity index (χ0v) is 7.97. The first-order chi connectivity index (χ1) is 4.93. The van der Waals surface area contributed by atoms with E-state index in [1.807, 2.05) is 30.6 Å². The van der Waals surface area contributed by atoms with E-state index in [2.05, 4.69) is 0 Å². The molecule has 0 amide bonds. The molecule has 0 radical (unpaired) electrons. The molecule has 0 aromatic carbocycles. The number of ether oxygens (including phenoxy) is 1. The fourth-order valence-corrected chi connectivity index (χ4v) is 3.27. The monoisotopic (exact) mass is 178 g/mol. The molecule has 60 valence electrons. The minimum absolute atomic E-state index is 0.496. The summed E-state index contributed by atoms with van der Waals surface area (Å²) in [6.07, 6.45) is 1.86. The van der Waals surface area contributed by atoms with Gasteiger partial charge >= 0.3 is 0 Å². The van der Waals surface area contributed by atoms with Crippen molar-refractivity contribution in [2.75, 3.05) is 30.1 Å². The van der Waals surface area contributed by atoms with Crippen LogP contribution in [0.3, 0.4) is 0 Å². The van der Waals surface area contributed by atoms with Crippen LogP contribution in [0.2, 0.25) is 0 Å². The summed E-state index contributed by atoms with van der Waals surface area (Å²) in [4.78, 5) is 0. The average Bonchev–Trinajstić information content (AvgIpc) is 1.87. The van der Waals surface area contributed by atoms with Crippen LogP contribution in [0.15, 0.2) is 0 Å². The maximum atomic E-state index is 5.28. The van der Waals surface area contributed by atoms with Crippen LogP contribution in [0.5, 0.6) is 0 Å². The predicted octanol–water partition coefficient (Wildman–Crippen LogP) is 1.87. The van der Waals surface area contributed by atoms with Gasteiger partial charge in [-0.05, 0) is 17.9 Å². The molecule has 10 heavy (non-hydrogen) atoms. The van der Waals surface area contributed by atoms with E-state index in [0.29, 0.717) is 6.10 Å². The predicted molar refractivity (Wildman–Crippen MR) is 50.1 cm³/mol. The Hall–Kier alpha value is 0.660. The van der Waals surface area contributed by atoms with Gasteiger partial charge in [0.15, 0.2) is 0 Å². The highest BCUT2D eigenvalue weighted by atomic mass is 32.2. The molecule has 0 aromatic heterocycles. The normalized spacial score (nSPS) is 23.7. The van der Waals surface area contributed by atoms with E-state index in [-0.39, 0.29) is 0 Å². The Morgan fingerprint density at radius 1 is 1.20 bits per heavy atom. The lowest BCUT2D eigenvalue weighted by atomic mass is 10.5. The van der Waals surface area contributed by atoms with Crippen molar-refractivity contribution in [1.82, 2.24) is 0 Å². The van der Waals surface area contributed by atoms with Gasteiger partial charge in [0.2, 0.25) is 0 Å². The van der Waals surface area contributed by atoms with Crippen LogP contribution in [0, 0.1) is 0 Å². The third-order valence-corrected chi connectivity index (χ3v) is 3.89. The number of hydrogen-bond acceptors (Lipinski definition) is 3. The van der Waals surface area contributed by atoms with E-state index >= 15 is 0 Å². The topological polar surface area (TPSA) is 9.23 Å². The molecule has 1 nitrogen and oxygen atoms in total. The van der Waals surface area contributed by atoms with Crippen molar-refractivity contribution in [3.05, 3.63) is 0 Å². The maximum absolute atomic E-state index is 5.28. The molecule has 1 heterocycles. The summed E-state index contributed by atoms with van der Waals surface area (Å²) < 4.78 is 5.28. The van der Waals surface area contributed by atoms with Crippen molar-refractivity contribution >= 4 is 23.5 Å². The highest BCUT2D eigenvalue weighted by Gasteiger charge is 2.09. The van der Waals surface area contributed by atoms with Crippen LogP contribution in [0.25, 0.3) is 0 Å². The highest BCUT2D eigenvalue weighted by molar-refractivity contribution is 8.00. The Kier molecular flexibility index (Phi) is 4.66. The summed E-state index contributed by atoms with van der Waals surface area (Å²) in [6.45, 7) is 0. The highest BCUT2D eigenvalue weighted by Crippen LogP contribution is 2.17. The SMILES string of the molecule is COC1CSCCCSC1. The lowest BCUT2D eigenvalue weighted by Gasteiger charge is -2.16. The Bertz CT molecular complexity index is 79.7. The molecule has 1 aliphatic heterocycles. The first-order valence-electron chi connectivity index (χ1n) is 3.62. The molecule has 1 rings (SSSR count). The van der Waals surface area contributed by atoms with Gasteiger partial charge in [-0.15, -0.1) is 0 Å². The lowest BCUT2D eigenvalue weighted by Crippen LogP contribution is -2.19. The van der Waals surface area contributed by atoms with Gasteiger partial charge in [0.05, 0.1) is 6.10 Å². The molecule has 1 saturated heterocycles. The van der Waals surface area contributed by atoms with Crippen LogP contribution in [-0.4, -0.2) is 36.2 Å². The number of thioether (sulfide) groups is 2. The van der Waals surface area contributed by atoms with Crippen molar-refractivity contribution in [3.8, 4) is 0 Å². The van der Waals surface area contributed by atoms with Crippen molar-refractivity contribution < 1.29 is 4.74 Å². The molecule has 1 fully saturated rings. The zero-order chi connectivity index (χ0) is 7.23. The third kappa shape index (κ3) is 3.17. The van der Waals surface area contributed by atoms with E-state index in [0.717, 1.165) is 0 Å². The van der Waals surface area contributed by atoms with Gasteiger partial charge < -0.3 is 4.74 Å². The second-order valence-corrected chi connectivity index (χ2v) is 4.66. The number of hydrogen-bond donors (Lipinski definition) is 0. The second kappa shape index (κ2) is 5.33. The summed E-state index contributed by atoms with van der Waals surface area (Å²) in [5, 5.41) is 0. The van der Waals surface area contributed by atoms with Gasteiger partial charge in [-0.2, -0.15) is 23.5 Å². The molecule has 0 spiro atoms. The van der Waals surface area contributed by atoms with Gasteiger partial charge in [0, 0.05) is 18.6 Å². The van der Waals surface area contributed by atoms with Gasteiger partial charge in [-0.25, -0.2) is 0 Å². The Labute approximate surface area is 71.3 Å².